The smallest absolute Gasteiger partial charge is 0.273 e. The molecule has 0 unspecified atom stereocenters. The SMILES string of the molecule is COCCn1c(-c2cc(C)ccc2Br)nnc1S(N)(=O)=O. The summed E-state index contributed by atoms with van der Waals surface area (Å²) in [7, 11) is -2.42. The van der Waals surface area contributed by atoms with Crippen molar-refractivity contribution in [2.24, 2.45) is 5.14 Å². The summed E-state index contributed by atoms with van der Waals surface area (Å²) in [6, 6.07) is 5.70. The fourth-order valence-corrected chi connectivity index (χ4v) is 2.96. The molecule has 114 valence electrons. The van der Waals surface area contributed by atoms with Crippen LogP contribution in [0.25, 0.3) is 11.4 Å². The second-order valence-corrected chi connectivity index (χ2v) is 6.79. The highest BCUT2D eigenvalue weighted by molar-refractivity contribution is 9.10. The average molecular weight is 375 g/mol. The number of nitrogens with zero attached hydrogens (tertiary/aromatic N) is 3. The highest BCUT2D eigenvalue weighted by Crippen LogP contribution is 2.29. The minimum atomic E-state index is -3.96. The van der Waals surface area contributed by atoms with Crippen LogP contribution in [0.1, 0.15) is 5.56 Å². The van der Waals surface area contributed by atoms with E-state index in [9.17, 15) is 8.42 Å². The van der Waals surface area contributed by atoms with E-state index < -0.39 is 10.0 Å². The van der Waals surface area contributed by atoms with Crippen molar-refractivity contribution in [2.45, 2.75) is 18.6 Å². The number of rotatable bonds is 5. The van der Waals surface area contributed by atoms with E-state index in [0.29, 0.717) is 12.4 Å². The van der Waals surface area contributed by atoms with E-state index in [0.717, 1.165) is 15.6 Å². The molecule has 2 N–H and O–H groups in total. The van der Waals surface area contributed by atoms with Crippen molar-refractivity contribution in [2.75, 3.05) is 13.7 Å². The lowest BCUT2D eigenvalue weighted by molar-refractivity contribution is 0.185. The van der Waals surface area contributed by atoms with E-state index in [1.807, 2.05) is 25.1 Å². The highest BCUT2D eigenvalue weighted by Gasteiger charge is 2.22. The maximum atomic E-state index is 11.6. The number of primary sulfonamides is 1. The van der Waals surface area contributed by atoms with Crippen LogP contribution in [-0.2, 0) is 21.3 Å². The fraction of sp³-hybridized carbons (Fsp3) is 0.333. The number of aryl methyl sites for hydroxylation is 1. The van der Waals surface area contributed by atoms with Crippen LogP contribution in [0.5, 0.6) is 0 Å². The molecule has 0 aliphatic heterocycles. The summed E-state index contributed by atoms with van der Waals surface area (Å²) in [5.74, 6) is 0.423. The molecule has 1 heterocycles. The number of sulfonamides is 1. The van der Waals surface area contributed by atoms with Crippen LogP contribution in [0.2, 0.25) is 0 Å². The van der Waals surface area contributed by atoms with Crippen LogP contribution in [-0.4, -0.2) is 36.9 Å². The number of methoxy groups -OCH3 is 1. The van der Waals surface area contributed by atoms with E-state index >= 15 is 0 Å². The molecule has 2 rings (SSSR count). The molecule has 0 radical (unpaired) electrons. The first-order valence-corrected chi connectivity index (χ1v) is 8.40. The van der Waals surface area contributed by atoms with Crippen molar-refractivity contribution in [1.29, 1.82) is 0 Å². The van der Waals surface area contributed by atoms with Gasteiger partial charge < -0.3 is 4.74 Å². The zero-order valence-electron chi connectivity index (χ0n) is 11.6. The van der Waals surface area contributed by atoms with Crippen LogP contribution in [0.4, 0.5) is 0 Å². The number of halogens is 1. The Balaban J connectivity index is 2.63. The topological polar surface area (TPSA) is 100 Å². The van der Waals surface area contributed by atoms with E-state index in [1.54, 1.807) is 0 Å². The zero-order chi connectivity index (χ0) is 15.6. The maximum Gasteiger partial charge on any atom is 0.273 e. The third-order valence-corrected chi connectivity index (χ3v) is 4.36. The van der Waals surface area contributed by atoms with Crippen LogP contribution in [0.3, 0.4) is 0 Å². The van der Waals surface area contributed by atoms with Gasteiger partial charge in [0.2, 0.25) is 0 Å². The highest BCUT2D eigenvalue weighted by atomic mass is 79.9. The molecular formula is C12H15BrN4O3S. The van der Waals surface area contributed by atoms with Gasteiger partial charge in [-0.05, 0) is 19.1 Å². The van der Waals surface area contributed by atoms with E-state index in [2.05, 4.69) is 26.1 Å². The predicted molar refractivity (Wildman–Crippen MR) is 81.1 cm³/mol. The van der Waals surface area contributed by atoms with E-state index in [-0.39, 0.29) is 11.7 Å². The van der Waals surface area contributed by atoms with Gasteiger partial charge in [0, 0.05) is 17.1 Å². The van der Waals surface area contributed by atoms with E-state index in [1.165, 1.54) is 11.7 Å². The Labute approximate surface area is 131 Å². The van der Waals surface area contributed by atoms with Gasteiger partial charge in [-0.25, -0.2) is 13.6 Å². The lowest BCUT2D eigenvalue weighted by atomic mass is 10.1. The van der Waals surface area contributed by atoms with Crippen LogP contribution >= 0.6 is 15.9 Å². The van der Waals surface area contributed by atoms with E-state index in [4.69, 9.17) is 9.88 Å². The molecule has 0 amide bonds. The molecule has 0 spiro atoms. The van der Waals surface area contributed by atoms with Crippen molar-refractivity contribution in [3.63, 3.8) is 0 Å². The zero-order valence-corrected chi connectivity index (χ0v) is 14.0. The fourth-order valence-electron chi connectivity index (χ4n) is 1.89. The Hall–Kier alpha value is -1.29. The molecule has 7 nitrogen and oxygen atoms in total. The third kappa shape index (κ3) is 3.49. The van der Waals surface area contributed by atoms with Crippen molar-refractivity contribution in [1.82, 2.24) is 14.8 Å². The molecule has 2 aromatic rings. The first-order chi connectivity index (χ1) is 9.84. The summed E-state index contributed by atoms with van der Waals surface area (Å²) in [5, 5.41) is 12.6. The molecule has 0 aliphatic carbocycles. The van der Waals surface area contributed by atoms with Gasteiger partial charge in [-0.15, -0.1) is 10.2 Å². The van der Waals surface area contributed by atoms with Gasteiger partial charge in [-0.3, -0.25) is 4.57 Å². The summed E-state index contributed by atoms with van der Waals surface area (Å²) in [4.78, 5) is 0. The molecule has 0 saturated heterocycles. The summed E-state index contributed by atoms with van der Waals surface area (Å²) < 4.78 is 30.5. The average Bonchev–Trinajstić information content (AvgIpc) is 2.82. The minimum absolute atomic E-state index is 0.275. The molecule has 1 aromatic heterocycles. The Kier molecular flexibility index (Phi) is 4.77. The number of ether oxygens (including phenoxy) is 1. The Bertz CT molecular complexity index is 758. The Morgan fingerprint density at radius 3 is 2.71 bits per heavy atom. The van der Waals surface area contributed by atoms with Crippen molar-refractivity contribution in [3.8, 4) is 11.4 Å². The number of nitrogens with two attached hydrogens (primary N) is 1. The number of hydrogen-bond donors (Lipinski definition) is 1. The van der Waals surface area contributed by atoms with Crippen molar-refractivity contribution in [3.05, 3.63) is 28.2 Å². The molecule has 0 fully saturated rings. The molecule has 0 atom stereocenters. The lowest BCUT2D eigenvalue weighted by Crippen LogP contribution is -2.20. The monoisotopic (exact) mass is 374 g/mol. The molecule has 9 heteroatoms. The van der Waals surface area contributed by atoms with Crippen molar-refractivity contribution < 1.29 is 13.2 Å². The normalized spacial score (nSPS) is 11.8. The summed E-state index contributed by atoms with van der Waals surface area (Å²) in [6.45, 7) is 2.54. The van der Waals surface area contributed by atoms with Crippen molar-refractivity contribution >= 4 is 26.0 Å². The summed E-state index contributed by atoms with van der Waals surface area (Å²) in [5.41, 5.74) is 1.76. The maximum absolute atomic E-state index is 11.6. The van der Waals surface area contributed by atoms with Crippen LogP contribution < -0.4 is 5.14 Å². The molecule has 0 aliphatic rings. The molecule has 0 saturated carbocycles. The van der Waals surface area contributed by atoms with Gasteiger partial charge in [0.05, 0.1) is 13.2 Å². The Morgan fingerprint density at radius 2 is 2.10 bits per heavy atom. The standard InChI is InChI=1S/C12H15BrN4O3S/c1-8-3-4-10(13)9(7-8)11-15-16-12(21(14,18)19)17(11)5-6-20-2/h3-4,7H,5-6H2,1-2H3,(H2,14,18,19). The molecule has 0 bridgehead atoms. The summed E-state index contributed by atoms with van der Waals surface area (Å²) in [6.07, 6.45) is 0. The van der Waals surface area contributed by atoms with Gasteiger partial charge in [-0.2, -0.15) is 0 Å². The van der Waals surface area contributed by atoms with Gasteiger partial charge in [0.1, 0.15) is 0 Å². The minimum Gasteiger partial charge on any atom is -0.383 e. The third-order valence-electron chi connectivity index (χ3n) is 2.85. The number of hydrogen-bond acceptors (Lipinski definition) is 5. The second-order valence-electron chi connectivity index (χ2n) is 4.48. The number of benzene rings is 1. The van der Waals surface area contributed by atoms with Gasteiger partial charge in [0.25, 0.3) is 15.2 Å². The summed E-state index contributed by atoms with van der Waals surface area (Å²) >= 11 is 3.44. The second kappa shape index (κ2) is 6.22. The first kappa shape index (κ1) is 16.1. The lowest BCUT2D eigenvalue weighted by Gasteiger charge is -2.10. The largest absolute Gasteiger partial charge is 0.383 e. The quantitative estimate of drug-likeness (QED) is 0.849. The Morgan fingerprint density at radius 1 is 1.38 bits per heavy atom. The first-order valence-electron chi connectivity index (χ1n) is 6.06. The number of aromatic nitrogens is 3. The van der Waals surface area contributed by atoms with Crippen LogP contribution in [0, 0.1) is 6.92 Å². The van der Waals surface area contributed by atoms with Crippen LogP contribution in [0.15, 0.2) is 27.8 Å². The molecule has 1 aromatic carbocycles. The predicted octanol–water partition coefficient (Wildman–Crippen LogP) is 1.31. The molecule has 21 heavy (non-hydrogen) atoms. The van der Waals surface area contributed by atoms with Gasteiger partial charge in [0.15, 0.2) is 5.82 Å². The molecular weight excluding hydrogens is 360 g/mol. The van der Waals surface area contributed by atoms with Gasteiger partial charge in [-0.1, -0.05) is 27.6 Å². The van der Waals surface area contributed by atoms with Gasteiger partial charge >= 0.3 is 0 Å².